The molecule has 3 aromatic rings. The Kier molecular flexibility index (Phi) is 5.73. The Balaban J connectivity index is 1.11. The lowest BCUT2D eigenvalue weighted by atomic mass is 9.79. The highest BCUT2D eigenvalue weighted by Crippen LogP contribution is 2.46. The normalized spacial score (nSPS) is 33.3. The number of nitrogens with one attached hydrogen (secondary N) is 2. The second-order valence-electron chi connectivity index (χ2n) is 12.8. The van der Waals surface area contributed by atoms with Crippen molar-refractivity contribution in [2.75, 3.05) is 20.1 Å². The lowest BCUT2D eigenvalue weighted by Crippen LogP contribution is -2.71. The van der Waals surface area contributed by atoms with Crippen LogP contribution in [-0.4, -0.2) is 92.4 Å². The Bertz CT molecular complexity index is 1700. The van der Waals surface area contributed by atoms with Crippen molar-refractivity contribution >= 4 is 34.2 Å². The van der Waals surface area contributed by atoms with Crippen LogP contribution in [0.15, 0.2) is 60.8 Å². The van der Waals surface area contributed by atoms with Gasteiger partial charge in [0.2, 0.25) is 17.5 Å². The molecule has 2 aromatic carbocycles. The van der Waals surface area contributed by atoms with Crippen LogP contribution >= 0.6 is 0 Å². The van der Waals surface area contributed by atoms with E-state index in [0.717, 1.165) is 28.6 Å². The van der Waals surface area contributed by atoms with Gasteiger partial charge in [0.1, 0.15) is 12.1 Å². The van der Waals surface area contributed by atoms with Crippen molar-refractivity contribution in [1.29, 1.82) is 0 Å². The first-order valence-electron chi connectivity index (χ1n) is 15.1. The van der Waals surface area contributed by atoms with Crippen LogP contribution in [0.1, 0.15) is 36.5 Å². The van der Waals surface area contributed by atoms with E-state index in [0.29, 0.717) is 25.9 Å². The Morgan fingerprint density at radius 3 is 2.79 bits per heavy atom. The van der Waals surface area contributed by atoms with Crippen LogP contribution in [0.5, 0.6) is 0 Å². The predicted octanol–water partition coefficient (Wildman–Crippen LogP) is 1.99. The number of rotatable bonds is 4. The molecule has 5 aliphatic rings. The zero-order valence-electron chi connectivity index (χ0n) is 24.2. The molecular weight excluding hydrogens is 546 g/mol. The minimum Gasteiger partial charge on any atom is -0.361 e. The molecule has 3 fully saturated rings. The van der Waals surface area contributed by atoms with Crippen molar-refractivity contribution in [2.24, 2.45) is 5.92 Å². The van der Waals surface area contributed by atoms with Gasteiger partial charge in [0.15, 0.2) is 0 Å². The fourth-order valence-electron chi connectivity index (χ4n) is 8.12. The molecule has 3 amide bonds. The lowest BCUT2D eigenvalue weighted by molar-refractivity contribution is -0.315. The van der Waals surface area contributed by atoms with E-state index >= 15 is 0 Å². The number of ether oxygens (including phenoxy) is 1. The number of aromatic nitrogens is 1. The Morgan fingerprint density at radius 2 is 1.98 bits per heavy atom. The Labute approximate surface area is 249 Å². The van der Waals surface area contributed by atoms with Crippen LogP contribution in [0, 0.1) is 5.92 Å². The van der Waals surface area contributed by atoms with Crippen molar-refractivity contribution < 1.29 is 24.2 Å². The zero-order valence-corrected chi connectivity index (χ0v) is 24.2. The van der Waals surface area contributed by atoms with E-state index in [4.69, 9.17) is 4.74 Å². The summed E-state index contributed by atoms with van der Waals surface area (Å²) < 4.78 is 6.23. The average Bonchev–Trinajstić information content (AvgIpc) is 3.70. The van der Waals surface area contributed by atoms with Crippen LogP contribution in [0.2, 0.25) is 0 Å². The van der Waals surface area contributed by atoms with Crippen molar-refractivity contribution in [2.45, 2.75) is 62.4 Å². The molecular formula is C33H35N5O5. The summed E-state index contributed by atoms with van der Waals surface area (Å²) in [5.74, 6) is -3.77. The van der Waals surface area contributed by atoms with Crippen LogP contribution in [0.25, 0.3) is 16.5 Å². The number of piperazine rings is 1. The largest absolute Gasteiger partial charge is 0.361 e. The summed E-state index contributed by atoms with van der Waals surface area (Å²) in [6.45, 7) is 2.45. The molecule has 4 unspecified atom stereocenters. The number of aliphatic hydroxyl groups is 1. The monoisotopic (exact) mass is 581 g/mol. The minimum absolute atomic E-state index is 0.144. The van der Waals surface area contributed by atoms with Crippen LogP contribution in [0.3, 0.4) is 0 Å². The number of hydrogen-bond donors (Lipinski definition) is 3. The van der Waals surface area contributed by atoms with E-state index < -0.39 is 35.5 Å². The van der Waals surface area contributed by atoms with E-state index in [1.165, 1.54) is 22.8 Å². The molecule has 222 valence electrons. The molecule has 1 aliphatic carbocycles. The molecule has 0 bridgehead atoms. The van der Waals surface area contributed by atoms with Crippen molar-refractivity contribution in [3.05, 3.63) is 77.5 Å². The highest BCUT2D eigenvalue weighted by atomic mass is 16.7. The SMILES string of the molecule is CN1CC(C(=O)N[C@]2(C)OC3(O)C4CCCN4C(=O)C(Cc4ccccc4)N3C2=O)C=C2c3cccc4[nH]cc(c34)C[C@H]21. The third kappa shape index (κ3) is 3.79. The number of aromatic amines is 1. The van der Waals surface area contributed by atoms with Crippen LogP contribution in [0.4, 0.5) is 0 Å². The van der Waals surface area contributed by atoms with E-state index in [1.54, 1.807) is 4.90 Å². The van der Waals surface area contributed by atoms with Crippen molar-refractivity contribution in [3.8, 4) is 0 Å². The summed E-state index contributed by atoms with van der Waals surface area (Å²) in [5, 5.41) is 16.1. The third-order valence-electron chi connectivity index (χ3n) is 10.1. The first-order valence-corrected chi connectivity index (χ1v) is 15.1. The number of fused-ring (bicyclic) bond motifs is 5. The Morgan fingerprint density at radius 1 is 1.16 bits per heavy atom. The van der Waals surface area contributed by atoms with Crippen molar-refractivity contribution in [1.82, 2.24) is 25.0 Å². The summed E-state index contributed by atoms with van der Waals surface area (Å²) in [4.78, 5) is 50.2. The molecule has 10 heteroatoms. The summed E-state index contributed by atoms with van der Waals surface area (Å²) >= 11 is 0. The van der Waals surface area contributed by atoms with Gasteiger partial charge in [0.05, 0.1) is 5.92 Å². The van der Waals surface area contributed by atoms with Gasteiger partial charge in [-0.3, -0.25) is 28.9 Å². The van der Waals surface area contributed by atoms with Gasteiger partial charge in [0, 0.05) is 42.7 Å². The highest BCUT2D eigenvalue weighted by molar-refractivity contribution is 6.00. The number of hydrogen-bond acceptors (Lipinski definition) is 6. The maximum atomic E-state index is 14.2. The molecule has 3 saturated heterocycles. The molecule has 1 aromatic heterocycles. The molecule has 0 radical (unpaired) electrons. The third-order valence-corrected chi connectivity index (χ3v) is 10.1. The van der Waals surface area contributed by atoms with E-state index in [2.05, 4.69) is 33.5 Å². The molecule has 6 atom stereocenters. The first kappa shape index (κ1) is 26.6. The topological polar surface area (TPSA) is 118 Å². The van der Waals surface area contributed by atoms with Gasteiger partial charge in [0.25, 0.3) is 11.8 Å². The van der Waals surface area contributed by atoms with Gasteiger partial charge in [-0.1, -0.05) is 48.5 Å². The standard InChI is InChI=1S/C33H35N5O5/c1-32(35-29(39)21-15-23-22-10-6-11-24-28(22)20(17-34-24)16-25(23)36(2)18-21)31(41)38-26(14-19-8-4-3-5-9-19)30(40)37-13-7-12-27(37)33(38,42)43-32/h3-6,8-11,15,17,21,25-27,34,42H,7,12-14,16,18H2,1-2H3,(H,35,39)/t21?,25-,26?,27?,32-,33?/m1/s1. The van der Waals surface area contributed by atoms with Crippen LogP contribution in [-0.2, 0) is 32.0 Å². The molecule has 5 heterocycles. The van der Waals surface area contributed by atoms with Gasteiger partial charge < -0.3 is 20.3 Å². The molecule has 4 aliphatic heterocycles. The molecule has 10 nitrogen and oxygen atoms in total. The minimum atomic E-state index is -2.04. The fourth-order valence-corrected chi connectivity index (χ4v) is 8.12. The predicted molar refractivity (Wildman–Crippen MR) is 158 cm³/mol. The summed E-state index contributed by atoms with van der Waals surface area (Å²) in [6.07, 6.45) is 6.38. The number of carbonyl (C=O) groups is 3. The quantitative estimate of drug-likeness (QED) is 0.434. The average molecular weight is 582 g/mol. The first-order chi connectivity index (χ1) is 20.7. The number of likely N-dealkylation sites (N-methyl/N-ethyl adjacent to an activating group) is 1. The van der Waals surface area contributed by atoms with E-state index in [1.807, 2.05) is 49.5 Å². The smallest absolute Gasteiger partial charge is 0.280 e. The molecule has 0 spiro atoms. The van der Waals surface area contributed by atoms with Gasteiger partial charge in [-0.2, -0.15) is 0 Å². The molecule has 43 heavy (non-hydrogen) atoms. The highest BCUT2D eigenvalue weighted by Gasteiger charge is 2.70. The number of amides is 3. The second-order valence-corrected chi connectivity index (χ2v) is 12.8. The summed E-state index contributed by atoms with van der Waals surface area (Å²) in [6, 6.07) is 14.1. The number of benzene rings is 2. The number of H-pyrrole nitrogens is 1. The fraction of sp³-hybridized carbons (Fsp3) is 0.424. The summed E-state index contributed by atoms with van der Waals surface area (Å²) in [5.41, 5.74) is 3.58. The van der Waals surface area contributed by atoms with E-state index in [9.17, 15) is 19.5 Å². The second kappa shape index (κ2) is 9.25. The van der Waals surface area contributed by atoms with Gasteiger partial charge in [-0.05, 0) is 61.6 Å². The zero-order chi connectivity index (χ0) is 29.7. The molecule has 8 rings (SSSR count). The Hall–Kier alpha value is -3.99. The summed E-state index contributed by atoms with van der Waals surface area (Å²) in [7, 11) is 2.02. The maximum Gasteiger partial charge on any atom is 0.280 e. The lowest BCUT2D eigenvalue weighted by Gasteiger charge is -2.48. The van der Waals surface area contributed by atoms with Crippen LogP contribution < -0.4 is 5.32 Å². The molecule has 3 N–H and O–H groups in total. The van der Waals surface area contributed by atoms with Gasteiger partial charge in [-0.15, -0.1) is 0 Å². The van der Waals surface area contributed by atoms with Crippen molar-refractivity contribution in [3.63, 3.8) is 0 Å². The number of nitrogens with zero attached hydrogens (tertiary/aromatic N) is 3. The van der Waals surface area contributed by atoms with Gasteiger partial charge in [-0.25, -0.2) is 0 Å². The number of carbonyl (C=O) groups excluding carboxylic acids is 3. The van der Waals surface area contributed by atoms with E-state index in [-0.39, 0.29) is 24.3 Å². The maximum absolute atomic E-state index is 14.2. The molecule has 0 saturated carbocycles. The van der Waals surface area contributed by atoms with Gasteiger partial charge >= 0.3 is 0 Å².